The van der Waals surface area contributed by atoms with Crippen molar-refractivity contribution >= 4 is 50.9 Å². The number of esters is 1. The molecule has 2 aromatic carbocycles. The molecule has 4 rings (SSSR count). The number of rotatable bonds is 5. The molecule has 1 atom stereocenters. The Labute approximate surface area is 207 Å². The molecule has 9 heteroatoms. The average Bonchev–Trinajstić information content (AvgIpc) is 3.09. The summed E-state index contributed by atoms with van der Waals surface area (Å²) in [5.74, 6) is 0.148. The molecule has 0 spiro atoms. The number of thiazole rings is 1. The quantitative estimate of drug-likeness (QED) is 0.449. The van der Waals surface area contributed by atoms with E-state index >= 15 is 0 Å². The fourth-order valence-electron chi connectivity index (χ4n) is 3.67. The van der Waals surface area contributed by atoms with E-state index in [1.807, 2.05) is 24.3 Å². The number of carbonyl (C=O) groups is 1. The number of fused-ring (bicyclic) bond motifs is 1. The normalized spacial score (nSPS) is 15.8. The average molecular weight is 548 g/mol. The Morgan fingerprint density at radius 1 is 1.27 bits per heavy atom. The van der Waals surface area contributed by atoms with E-state index in [-0.39, 0.29) is 12.2 Å². The van der Waals surface area contributed by atoms with Gasteiger partial charge in [0, 0.05) is 5.02 Å². The lowest BCUT2D eigenvalue weighted by Gasteiger charge is -2.25. The molecule has 3 aromatic rings. The van der Waals surface area contributed by atoms with Crippen LogP contribution in [0.15, 0.2) is 68.0 Å². The van der Waals surface area contributed by atoms with Crippen LogP contribution >= 0.6 is 38.9 Å². The van der Waals surface area contributed by atoms with Crippen molar-refractivity contribution in [2.75, 3.05) is 13.7 Å². The first-order valence-electron chi connectivity index (χ1n) is 10.1. The molecule has 1 aromatic heterocycles. The van der Waals surface area contributed by atoms with Crippen molar-refractivity contribution in [2.45, 2.75) is 19.9 Å². The van der Waals surface area contributed by atoms with Crippen LogP contribution in [0.5, 0.6) is 5.75 Å². The van der Waals surface area contributed by atoms with E-state index in [2.05, 4.69) is 20.9 Å². The van der Waals surface area contributed by atoms with E-state index in [0.29, 0.717) is 35.8 Å². The third-order valence-electron chi connectivity index (χ3n) is 5.18. The minimum atomic E-state index is -0.685. The van der Waals surface area contributed by atoms with Gasteiger partial charge in [0.15, 0.2) is 4.80 Å². The lowest BCUT2D eigenvalue weighted by atomic mass is 9.96. The van der Waals surface area contributed by atoms with Gasteiger partial charge in [-0.25, -0.2) is 9.79 Å². The Morgan fingerprint density at radius 2 is 2.00 bits per heavy atom. The van der Waals surface area contributed by atoms with Crippen LogP contribution < -0.4 is 19.6 Å². The molecule has 0 aliphatic carbocycles. The fourth-order valence-corrected chi connectivity index (χ4v) is 5.40. The van der Waals surface area contributed by atoms with Crippen LogP contribution in [0.1, 0.15) is 31.0 Å². The summed E-state index contributed by atoms with van der Waals surface area (Å²) in [6.45, 7) is 3.72. The molecule has 0 radical (unpaired) electrons. The Morgan fingerprint density at radius 3 is 2.64 bits per heavy atom. The maximum atomic E-state index is 13.6. The van der Waals surface area contributed by atoms with Gasteiger partial charge in [0.2, 0.25) is 0 Å². The van der Waals surface area contributed by atoms with Crippen molar-refractivity contribution < 1.29 is 14.3 Å². The first kappa shape index (κ1) is 23.5. The van der Waals surface area contributed by atoms with Crippen LogP contribution in [-0.2, 0) is 9.53 Å². The molecule has 0 fully saturated rings. The standard InChI is InChI=1S/C24H20BrClN2O4S/c1-4-32-23(30)20-13(2)27-24-28(21(20)15-7-10-18(31-3)17(25)12-15)22(29)19(33-24)11-14-5-8-16(26)9-6-14/h5-12,21H,4H2,1-3H3/b19-11+/t21-/m0/s1. The molecule has 0 saturated carbocycles. The van der Waals surface area contributed by atoms with Gasteiger partial charge in [-0.05, 0) is 71.2 Å². The highest BCUT2D eigenvalue weighted by atomic mass is 79.9. The maximum Gasteiger partial charge on any atom is 0.338 e. The van der Waals surface area contributed by atoms with Gasteiger partial charge >= 0.3 is 5.97 Å². The lowest BCUT2D eigenvalue weighted by molar-refractivity contribution is -0.139. The van der Waals surface area contributed by atoms with Crippen LogP contribution in [0.3, 0.4) is 0 Å². The van der Waals surface area contributed by atoms with E-state index in [0.717, 1.165) is 11.1 Å². The molecular formula is C24H20BrClN2O4S. The summed E-state index contributed by atoms with van der Waals surface area (Å²) >= 11 is 10.8. The highest BCUT2D eigenvalue weighted by molar-refractivity contribution is 9.10. The van der Waals surface area contributed by atoms with E-state index in [9.17, 15) is 9.59 Å². The Balaban J connectivity index is 1.96. The van der Waals surface area contributed by atoms with Gasteiger partial charge in [-0.1, -0.05) is 41.1 Å². The summed E-state index contributed by atoms with van der Waals surface area (Å²) in [7, 11) is 1.58. The van der Waals surface area contributed by atoms with Crippen LogP contribution in [0.4, 0.5) is 0 Å². The zero-order valence-corrected chi connectivity index (χ0v) is 21.3. The predicted octanol–water partition coefficient (Wildman–Crippen LogP) is 4.22. The number of methoxy groups -OCH3 is 1. The number of carbonyl (C=O) groups excluding carboxylic acids is 1. The lowest BCUT2D eigenvalue weighted by Crippen LogP contribution is -2.39. The summed E-state index contributed by atoms with van der Waals surface area (Å²) in [5.41, 5.74) is 2.19. The molecule has 0 saturated heterocycles. The molecule has 0 N–H and O–H groups in total. The van der Waals surface area contributed by atoms with E-state index in [1.165, 1.54) is 11.3 Å². The number of benzene rings is 2. The largest absolute Gasteiger partial charge is 0.496 e. The van der Waals surface area contributed by atoms with Crippen LogP contribution in [-0.4, -0.2) is 24.3 Å². The number of ether oxygens (including phenoxy) is 2. The molecule has 33 heavy (non-hydrogen) atoms. The van der Waals surface area contributed by atoms with E-state index < -0.39 is 12.0 Å². The molecule has 6 nitrogen and oxygen atoms in total. The van der Waals surface area contributed by atoms with Gasteiger partial charge in [-0.3, -0.25) is 9.36 Å². The third kappa shape index (κ3) is 4.55. The molecule has 0 unspecified atom stereocenters. The van der Waals surface area contributed by atoms with Crippen molar-refractivity contribution in [3.8, 4) is 5.75 Å². The second-order valence-corrected chi connectivity index (χ2v) is 9.55. The van der Waals surface area contributed by atoms with E-state index in [1.54, 1.807) is 49.8 Å². The summed E-state index contributed by atoms with van der Waals surface area (Å²) in [6.07, 6.45) is 1.80. The first-order valence-corrected chi connectivity index (χ1v) is 12.1. The minimum Gasteiger partial charge on any atom is -0.496 e. The topological polar surface area (TPSA) is 69.9 Å². The van der Waals surface area contributed by atoms with Gasteiger partial charge in [-0.2, -0.15) is 0 Å². The van der Waals surface area contributed by atoms with Crippen molar-refractivity contribution in [1.82, 2.24) is 4.57 Å². The van der Waals surface area contributed by atoms with Crippen LogP contribution in [0, 0.1) is 0 Å². The van der Waals surface area contributed by atoms with Crippen LogP contribution in [0.25, 0.3) is 6.08 Å². The number of allylic oxidation sites excluding steroid dienone is 1. The van der Waals surface area contributed by atoms with Crippen molar-refractivity contribution in [1.29, 1.82) is 0 Å². The van der Waals surface area contributed by atoms with E-state index in [4.69, 9.17) is 21.1 Å². The third-order valence-corrected chi connectivity index (χ3v) is 7.03. The van der Waals surface area contributed by atoms with Crippen molar-refractivity contribution in [3.05, 3.63) is 94.0 Å². The summed E-state index contributed by atoms with van der Waals surface area (Å²) in [4.78, 5) is 31.6. The van der Waals surface area contributed by atoms with Gasteiger partial charge < -0.3 is 9.47 Å². The van der Waals surface area contributed by atoms with Gasteiger partial charge in [0.1, 0.15) is 5.75 Å². The molecule has 1 aliphatic rings. The molecule has 170 valence electrons. The zero-order chi connectivity index (χ0) is 23.7. The summed E-state index contributed by atoms with van der Waals surface area (Å²) < 4.78 is 13.4. The molecule has 1 aliphatic heterocycles. The van der Waals surface area contributed by atoms with Gasteiger partial charge in [-0.15, -0.1) is 0 Å². The maximum absolute atomic E-state index is 13.6. The SMILES string of the molecule is CCOC(=O)C1=C(C)N=c2s/c(=C/c3ccc(Cl)cc3)c(=O)n2[C@H]1c1ccc(OC)c(Br)c1. The zero-order valence-electron chi connectivity index (χ0n) is 18.1. The smallest absolute Gasteiger partial charge is 0.338 e. The Kier molecular flexibility index (Phi) is 6.88. The highest BCUT2D eigenvalue weighted by Gasteiger charge is 2.33. The fraction of sp³-hybridized carbons (Fsp3) is 0.208. The molecule has 0 amide bonds. The summed E-state index contributed by atoms with van der Waals surface area (Å²) in [6, 6.07) is 12.0. The Hall–Kier alpha value is -2.68. The molecule has 0 bridgehead atoms. The first-order chi connectivity index (χ1) is 15.8. The monoisotopic (exact) mass is 546 g/mol. The van der Waals surface area contributed by atoms with Crippen molar-refractivity contribution in [2.24, 2.45) is 4.99 Å². The number of nitrogens with zero attached hydrogens (tertiary/aromatic N) is 2. The Bertz CT molecular complexity index is 1440. The van der Waals surface area contributed by atoms with Crippen LogP contribution in [0.2, 0.25) is 5.02 Å². The second-order valence-electron chi connectivity index (χ2n) is 7.25. The molecule has 2 heterocycles. The minimum absolute atomic E-state index is 0.218. The summed E-state index contributed by atoms with van der Waals surface area (Å²) in [5, 5.41) is 0.619. The molecular weight excluding hydrogens is 528 g/mol. The number of hydrogen-bond donors (Lipinski definition) is 0. The van der Waals surface area contributed by atoms with Gasteiger partial charge in [0.25, 0.3) is 5.56 Å². The second kappa shape index (κ2) is 9.67. The highest BCUT2D eigenvalue weighted by Crippen LogP contribution is 2.34. The predicted molar refractivity (Wildman–Crippen MR) is 133 cm³/mol. The van der Waals surface area contributed by atoms with Crippen molar-refractivity contribution in [3.63, 3.8) is 0 Å². The van der Waals surface area contributed by atoms with Gasteiger partial charge in [0.05, 0.1) is 40.0 Å². The number of halogens is 2. The number of aromatic nitrogens is 1. The number of hydrogen-bond acceptors (Lipinski definition) is 6.